The molecule has 0 aromatic heterocycles. The van der Waals surface area contributed by atoms with Gasteiger partial charge in [0.2, 0.25) is 0 Å². The number of allylic oxidation sites excluding steroid dienone is 1. The van der Waals surface area contributed by atoms with Crippen molar-refractivity contribution in [2.45, 2.75) is 12.8 Å². The summed E-state index contributed by atoms with van der Waals surface area (Å²) < 4.78 is 9.99. The number of benzene rings is 1. The molecule has 1 aromatic carbocycles. The van der Waals surface area contributed by atoms with Crippen LogP contribution in [0.2, 0.25) is 5.02 Å². The molecule has 5 nitrogen and oxygen atoms in total. The van der Waals surface area contributed by atoms with Gasteiger partial charge in [-0.3, -0.25) is 0 Å². The van der Waals surface area contributed by atoms with Crippen LogP contribution in [0, 0.1) is 0 Å². The molecule has 0 bridgehead atoms. The number of methoxy groups -OCH3 is 1. The van der Waals surface area contributed by atoms with Crippen molar-refractivity contribution < 1.29 is 19.1 Å². The van der Waals surface area contributed by atoms with E-state index in [4.69, 9.17) is 21.1 Å². The molecule has 0 amide bonds. The monoisotopic (exact) mass is 319 g/mol. The number of cyclic esters (lactones) is 1. The van der Waals surface area contributed by atoms with Crippen LogP contribution in [0.3, 0.4) is 0 Å². The van der Waals surface area contributed by atoms with Crippen molar-refractivity contribution in [3.63, 3.8) is 0 Å². The average Bonchev–Trinajstić information content (AvgIpc) is 2.87. The van der Waals surface area contributed by atoms with E-state index < -0.39 is 17.9 Å². The van der Waals surface area contributed by atoms with Crippen molar-refractivity contribution in [1.82, 2.24) is 5.32 Å². The van der Waals surface area contributed by atoms with Crippen molar-refractivity contribution in [3.8, 4) is 0 Å². The molecule has 2 aliphatic rings. The van der Waals surface area contributed by atoms with Crippen LogP contribution in [0.25, 0.3) is 0 Å². The molecule has 0 fully saturated rings. The fourth-order valence-corrected chi connectivity index (χ4v) is 2.96. The van der Waals surface area contributed by atoms with Crippen LogP contribution < -0.4 is 5.32 Å². The number of rotatable bonds is 2. The molecule has 1 aromatic rings. The molecular weight excluding hydrogens is 306 g/mol. The van der Waals surface area contributed by atoms with Crippen LogP contribution >= 0.6 is 11.6 Å². The Morgan fingerprint density at radius 1 is 1.36 bits per heavy atom. The number of hydrogen-bond donors (Lipinski definition) is 1. The Hall–Kier alpha value is -2.27. The fourth-order valence-electron chi connectivity index (χ4n) is 2.84. The largest absolute Gasteiger partial charge is 0.466 e. The first-order valence-electron chi connectivity index (χ1n) is 6.74. The first-order chi connectivity index (χ1) is 10.5. The van der Waals surface area contributed by atoms with E-state index in [9.17, 15) is 9.59 Å². The molecule has 1 atom stereocenters. The molecule has 2 aliphatic heterocycles. The van der Waals surface area contributed by atoms with Crippen LogP contribution in [0.4, 0.5) is 0 Å². The van der Waals surface area contributed by atoms with Gasteiger partial charge in [-0.05, 0) is 24.6 Å². The topological polar surface area (TPSA) is 64.6 Å². The Morgan fingerprint density at radius 3 is 2.68 bits per heavy atom. The quantitative estimate of drug-likeness (QED) is 0.847. The van der Waals surface area contributed by atoms with Gasteiger partial charge in [-0.25, -0.2) is 9.59 Å². The molecular formula is C16H14ClNO4. The van der Waals surface area contributed by atoms with Gasteiger partial charge in [0.1, 0.15) is 6.61 Å². The predicted molar refractivity (Wildman–Crippen MR) is 80.0 cm³/mol. The SMILES string of the molecule is COC(=O)C1=C(C)NC2=C(C(=O)OC2)C1c1ccc(Cl)cc1. The zero-order valence-electron chi connectivity index (χ0n) is 12.1. The van der Waals surface area contributed by atoms with Gasteiger partial charge in [0, 0.05) is 10.7 Å². The Morgan fingerprint density at radius 2 is 2.05 bits per heavy atom. The maximum absolute atomic E-state index is 12.2. The van der Waals surface area contributed by atoms with Crippen molar-refractivity contribution in [2.24, 2.45) is 0 Å². The summed E-state index contributed by atoms with van der Waals surface area (Å²) in [5, 5.41) is 3.66. The third-order valence-electron chi connectivity index (χ3n) is 3.82. The van der Waals surface area contributed by atoms with Gasteiger partial charge in [-0.15, -0.1) is 0 Å². The molecule has 6 heteroatoms. The second kappa shape index (κ2) is 5.50. The number of halogens is 1. The van der Waals surface area contributed by atoms with E-state index in [1.807, 2.05) is 0 Å². The van der Waals surface area contributed by atoms with Crippen molar-refractivity contribution in [3.05, 3.63) is 57.4 Å². The lowest BCUT2D eigenvalue weighted by atomic mass is 9.81. The summed E-state index contributed by atoms with van der Waals surface area (Å²) in [4.78, 5) is 24.3. The summed E-state index contributed by atoms with van der Waals surface area (Å²) in [6.07, 6.45) is 0. The molecule has 3 rings (SSSR count). The summed E-state index contributed by atoms with van der Waals surface area (Å²) in [5.41, 5.74) is 2.99. The van der Waals surface area contributed by atoms with E-state index >= 15 is 0 Å². The molecule has 0 aliphatic carbocycles. The summed E-state index contributed by atoms with van der Waals surface area (Å²) in [7, 11) is 1.32. The van der Waals surface area contributed by atoms with E-state index in [-0.39, 0.29) is 6.61 Å². The molecule has 0 spiro atoms. The first-order valence-corrected chi connectivity index (χ1v) is 7.12. The second-order valence-corrected chi connectivity index (χ2v) is 5.54. The van der Waals surface area contributed by atoms with E-state index in [2.05, 4.69) is 5.32 Å². The van der Waals surface area contributed by atoms with Gasteiger partial charge in [0.05, 0.1) is 29.9 Å². The van der Waals surface area contributed by atoms with Gasteiger partial charge in [0.25, 0.3) is 0 Å². The minimum atomic E-state index is -0.518. The van der Waals surface area contributed by atoms with Gasteiger partial charge in [-0.2, -0.15) is 0 Å². The number of carbonyl (C=O) groups excluding carboxylic acids is 2. The molecule has 1 N–H and O–H groups in total. The average molecular weight is 320 g/mol. The lowest BCUT2D eigenvalue weighted by molar-refractivity contribution is -0.136. The zero-order valence-corrected chi connectivity index (χ0v) is 12.9. The lowest BCUT2D eigenvalue weighted by Gasteiger charge is -2.27. The van der Waals surface area contributed by atoms with Gasteiger partial charge >= 0.3 is 11.9 Å². The number of ether oxygens (including phenoxy) is 2. The van der Waals surface area contributed by atoms with E-state index in [1.54, 1.807) is 31.2 Å². The van der Waals surface area contributed by atoms with Crippen molar-refractivity contribution in [1.29, 1.82) is 0 Å². The van der Waals surface area contributed by atoms with Crippen LogP contribution in [0.1, 0.15) is 18.4 Å². The van der Waals surface area contributed by atoms with Crippen molar-refractivity contribution in [2.75, 3.05) is 13.7 Å². The van der Waals surface area contributed by atoms with Crippen molar-refractivity contribution >= 4 is 23.5 Å². The molecule has 0 radical (unpaired) electrons. The maximum atomic E-state index is 12.2. The lowest BCUT2D eigenvalue weighted by Crippen LogP contribution is -2.29. The van der Waals surface area contributed by atoms with E-state index in [1.165, 1.54) is 7.11 Å². The third kappa shape index (κ3) is 2.27. The minimum Gasteiger partial charge on any atom is -0.466 e. The molecule has 0 saturated heterocycles. The fraction of sp³-hybridized carbons (Fsp3) is 0.250. The summed E-state index contributed by atoms with van der Waals surface area (Å²) >= 11 is 5.93. The summed E-state index contributed by atoms with van der Waals surface area (Å²) in [6, 6.07) is 7.04. The highest BCUT2D eigenvalue weighted by molar-refractivity contribution is 6.30. The van der Waals surface area contributed by atoms with Crippen LogP contribution in [0.15, 0.2) is 46.8 Å². The predicted octanol–water partition coefficient (Wildman–Crippen LogP) is 2.28. The number of esters is 2. The van der Waals surface area contributed by atoms with Crippen LogP contribution in [-0.4, -0.2) is 25.7 Å². The van der Waals surface area contributed by atoms with Crippen LogP contribution in [-0.2, 0) is 19.1 Å². The highest BCUT2D eigenvalue weighted by Crippen LogP contribution is 2.41. The summed E-state index contributed by atoms with van der Waals surface area (Å²) in [6.45, 7) is 1.96. The van der Waals surface area contributed by atoms with Gasteiger partial charge < -0.3 is 14.8 Å². The first kappa shape index (κ1) is 14.7. The Balaban J connectivity index is 2.17. The maximum Gasteiger partial charge on any atom is 0.337 e. The van der Waals surface area contributed by atoms with E-state index in [0.29, 0.717) is 27.6 Å². The Kier molecular flexibility index (Phi) is 3.66. The number of dihydropyridines is 1. The molecule has 2 heterocycles. The molecule has 0 saturated carbocycles. The van der Waals surface area contributed by atoms with E-state index in [0.717, 1.165) is 5.56 Å². The highest BCUT2D eigenvalue weighted by Gasteiger charge is 2.41. The number of carbonyl (C=O) groups is 2. The minimum absolute atomic E-state index is 0.185. The summed E-state index contributed by atoms with van der Waals surface area (Å²) in [5.74, 6) is -1.41. The second-order valence-electron chi connectivity index (χ2n) is 5.11. The Labute approximate surface area is 132 Å². The Bertz CT molecular complexity index is 718. The highest BCUT2D eigenvalue weighted by atomic mass is 35.5. The third-order valence-corrected chi connectivity index (χ3v) is 4.07. The molecule has 22 heavy (non-hydrogen) atoms. The molecule has 1 unspecified atom stereocenters. The normalized spacial score (nSPS) is 20.5. The van der Waals surface area contributed by atoms with Gasteiger partial charge in [-0.1, -0.05) is 23.7 Å². The van der Waals surface area contributed by atoms with Crippen LogP contribution in [0.5, 0.6) is 0 Å². The smallest absolute Gasteiger partial charge is 0.337 e. The standard InChI is InChI=1S/C16H14ClNO4/c1-8-12(15(19)21-2)13(9-3-5-10(17)6-4-9)14-11(18-8)7-22-16(14)20/h3-6,13,18H,7H2,1-2H3. The zero-order chi connectivity index (χ0) is 15.9. The molecule has 114 valence electrons. The number of nitrogens with one attached hydrogen (secondary N) is 1. The number of hydrogen-bond acceptors (Lipinski definition) is 5. The van der Waals surface area contributed by atoms with Gasteiger partial charge in [0.15, 0.2) is 0 Å².